The van der Waals surface area contributed by atoms with E-state index in [0.717, 1.165) is 78.7 Å². The van der Waals surface area contributed by atoms with Crippen molar-refractivity contribution < 1.29 is 38.1 Å². The van der Waals surface area contributed by atoms with E-state index in [9.17, 15) is 9.59 Å². The largest absolute Gasteiger partial charge is 0.497 e. The van der Waals surface area contributed by atoms with E-state index in [1.165, 1.54) is 7.11 Å². The van der Waals surface area contributed by atoms with Crippen molar-refractivity contribution in [1.29, 1.82) is 0 Å². The molecule has 0 saturated heterocycles. The Morgan fingerprint density at radius 3 is 1.98 bits per heavy atom. The number of halogens is 1. The summed E-state index contributed by atoms with van der Waals surface area (Å²) in [6.07, 6.45) is 6.58. The number of nitrogens with zero attached hydrogens (tertiary/aromatic N) is 2. The number of ether oxygens (including phenoxy) is 5. The molecule has 1 atom stereocenters. The number of esters is 2. The van der Waals surface area contributed by atoms with Crippen LogP contribution in [0.1, 0.15) is 89.3 Å². The number of methoxy groups -OCH3 is 3. The van der Waals surface area contributed by atoms with Gasteiger partial charge in [0.05, 0.1) is 44.2 Å². The first-order chi connectivity index (χ1) is 31.2. The molecule has 64 heavy (non-hydrogen) atoms. The molecule has 10 nitrogen and oxygen atoms in total. The second-order valence-corrected chi connectivity index (χ2v) is 16.5. The quantitative estimate of drug-likeness (QED) is 0.0422. The van der Waals surface area contributed by atoms with E-state index in [1.54, 1.807) is 14.2 Å². The minimum absolute atomic E-state index is 0.0203. The highest BCUT2D eigenvalue weighted by Gasteiger charge is 2.38. The van der Waals surface area contributed by atoms with Gasteiger partial charge >= 0.3 is 11.9 Å². The average Bonchev–Trinajstić information content (AvgIpc) is 3.62. The lowest BCUT2D eigenvalue weighted by Crippen LogP contribution is -2.34. The van der Waals surface area contributed by atoms with Crippen LogP contribution in [0.2, 0.25) is 0 Å². The predicted octanol–water partition coefficient (Wildman–Crippen LogP) is 11.3. The third kappa shape index (κ3) is 10.2. The van der Waals surface area contributed by atoms with Crippen LogP contribution < -0.4 is 9.47 Å². The smallest absolute Gasteiger partial charge is 0.306 e. The van der Waals surface area contributed by atoms with E-state index in [0.29, 0.717) is 25.1 Å². The van der Waals surface area contributed by atoms with Gasteiger partial charge in [-0.1, -0.05) is 97.9 Å². The van der Waals surface area contributed by atoms with Crippen LogP contribution in [0.15, 0.2) is 137 Å². The Balaban J connectivity index is 1.20. The van der Waals surface area contributed by atoms with Crippen molar-refractivity contribution in [2.75, 3.05) is 27.9 Å². The monoisotopic (exact) mass is 924 g/mol. The van der Waals surface area contributed by atoms with Crippen molar-refractivity contribution in [1.82, 2.24) is 4.57 Å². The summed E-state index contributed by atoms with van der Waals surface area (Å²) < 4.78 is 31.2. The van der Waals surface area contributed by atoms with Gasteiger partial charge in [-0.25, -0.2) is 0 Å². The first kappa shape index (κ1) is 45.7. The molecule has 0 amide bonds. The number of fused-ring (bicyclic) bond motifs is 1. The van der Waals surface area contributed by atoms with E-state index < -0.39 is 17.5 Å². The maximum absolute atomic E-state index is 15.1. The number of hydrogen-bond acceptors (Lipinski definition) is 9. The molecule has 1 unspecified atom stereocenters. The molecule has 11 heteroatoms. The highest BCUT2D eigenvalue weighted by Crippen LogP contribution is 2.43. The van der Waals surface area contributed by atoms with Gasteiger partial charge in [0.25, 0.3) is 0 Å². The molecule has 0 N–H and O–H groups in total. The summed E-state index contributed by atoms with van der Waals surface area (Å²) >= 11 is 3.91. The second kappa shape index (κ2) is 21.4. The Kier molecular flexibility index (Phi) is 15.3. The second-order valence-electron chi connectivity index (χ2n) is 15.7. The van der Waals surface area contributed by atoms with Gasteiger partial charge in [0.2, 0.25) is 0 Å². The molecule has 0 radical (unpaired) electrons. The van der Waals surface area contributed by atoms with Crippen LogP contribution in [0.5, 0.6) is 11.5 Å². The number of Topliss-reactive ketones (excluding diaryl/α,β-unsaturated/α-hetero) is 1. The lowest BCUT2D eigenvalue weighted by molar-refractivity contribution is -0.149. The highest BCUT2D eigenvalue weighted by atomic mass is 79.9. The fourth-order valence-electron chi connectivity index (χ4n) is 8.24. The zero-order chi connectivity index (χ0) is 45.1. The third-order valence-corrected chi connectivity index (χ3v) is 12.6. The van der Waals surface area contributed by atoms with Crippen molar-refractivity contribution in [3.8, 4) is 11.5 Å². The van der Waals surface area contributed by atoms with Gasteiger partial charge in [0, 0.05) is 36.9 Å². The standard InChI is InChI=1S/C53H53BrN2O8/c1-5-38(29-31-64-53(41-11-7-6-8-12-41,42-18-22-44(60-2)23-19-42)43-20-24-45(61-3)25-21-43)52(59)51-50(54)46-26-17-39(40-10-9-30-55-33-40)32-47(46)56(51)34-36-13-15-37(16-14-36)35-63-49(58)28-27-48(57)62-4/h6-8,11-26,30,32-33,38H,5,9-10,27-29,31,34-35H2,1-4H3. The summed E-state index contributed by atoms with van der Waals surface area (Å²) in [6.45, 7) is 2.83. The average molecular weight is 926 g/mol. The number of carbonyl (C=O) groups excluding carboxylic acids is 3. The molecule has 0 aliphatic carbocycles. The van der Waals surface area contributed by atoms with Crippen LogP contribution in [0.25, 0.3) is 16.5 Å². The van der Waals surface area contributed by atoms with Gasteiger partial charge in [-0.2, -0.15) is 0 Å². The Hall–Kier alpha value is -6.30. The number of ketones is 1. The molecule has 0 saturated carbocycles. The van der Waals surface area contributed by atoms with Crippen LogP contribution in [0.4, 0.5) is 0 Å². The first-order valence-electron chi connectivity index (χ1n) is 21.5. The number of carbonyl (C=O) groups is 3. The van der Waals surface area contributed by atoms with Crippen LogP contribution in [0.3, 0.4) is 0 Å². The highest BCUT2D eigenvalue weighted by molar-refractivity contribution is 9.10. The lowest BCUT2D eigenvalue weighted by Gasteiger charge is -2.36. The van der Waals surface area contributed by atoms with Gasteiger partial charge in [-0.15, -0.1) is 0 Å². The van der Waals surface area contributed by atoms with Gasteiger partial charge in [0.1, 0.15) is 29.4 Å². The maximum Gasteiger partial charge on any atom is 0.306 e. The molecule has 0 fully saturated rings. The van der Waals surface area contributed by atoms with Crippen LogP contribution in [-0.4, -0.2) is 56.4 Å². The fourth-order valence-corrected chi connectivity index (χ4v) is 8.99. The molecule has 0 spiro atoms. The van der Waals surface area contributed by atoms with Crippen molar-refractivity contribution in [2.45, 2.75) is 64.2 Å². The molecule has 330 valence electrons. The van der Waals surface area contributed by atoms with Crippen molar-refractivity contribution in [2.24, 2.45) is 10.9 Å². The zero-order valence-electron chi connectivity index (χ0n) is 36.7. The van der Waals surface area contributed by atoms with Crippen LogP contribution in [0, 0.1) is 5.92 Å². The summed E-state index contributed by atoms with van der Waals surface area (Å²) in [4.78, 5) is 43.3. The van der Waals surface area contributed by atoms with Crippen LogP contribution >= 0.6 is 15.9 Å². The summed E-state index contributed by atoms with van der Waals surface area (Å²) in [5, 5.41) is 0.940. The van der Waals surface area contributed by atoms with Gasteiger partial charge in [-0.05, 0) is 111 Å². The summed E-state index contributed by atoms with van der Waals surface area (Å²) in [5.41, 5.74) is 7.28. The predicted molar refractivity (Wildman–Crippen MR) is 253 cm³/mol. The molecule has 1 aromatic heterocycles. The molecule has 2 heterocycles. The van der Waals surface area contributed by atoms with Crippen molar-refractivity contribution >= 4 is 56.3 Å². The Morgan fingerprint density at radius 1 is 0.766 bits per heavy atom. The number of aliphatic imine (C=N–C) groups is 1. The molecular weight excluding hydrogens is 872 g/mol. The normalized spacial score (nSPS) is 13.0. The number of hydrogen-bond donors (Lipinski definition) is 0. The molecule has 5 aromatic carbocycles. The topological polar surface area (TPSA) is 115 Å². The number of benzene rings is 5. The number of allylic oxidation sites excluding steroid dienone is 1. The molecule has 0 bridgehead atoms. The Morgan fingerprint density at radius 2 is 1.39 bits per heavy atom. The molecule has 7 rings (SSSR count). The third-order valence-electron chi connectivity index (χ3n) is 11.8. The minimum Gasteiger partial charge on any atom is -0.497 e. The van der Waals surface area contributed by atoms with Crippen molar-refractivity contribution in [3.63, 3.8) is 0 Å². The Labute approximate surface area is 383 Å². The lowest BCUT2D eigenvalue weighted by atomic mass is 9.80. The molecule has 1 aliphatic heterocycles. The van der Waals surface area contributed by atoms with Gasteiger partial charge in [-0.3, -0.25) is 19.4 Å². The molecule has 1 aliphatic rings. The molecular formula is C53H53BrN2O8. The minimum atomic E-state index is -1.02. The summed E-state index contributed by atoms with van der Waals surface area (Å²) in [7, 11) is 4.59. The van der Waals surface area contributed by atoms with E-state index >= 15 is 4.79 Å². The fraction of sp³-hybridized carbons (Fsp3) is 0.283. The molecule has 6 aromatic rings. The first-order valence-corrected chi connectivity index (χ1v) is 22.3. The van der Waals surface area contributed by atoms with Gasteiger partial charge < -0.3 is 28.3 Å². The maximum atomic E-state index is 15.1. The van der Waals surface area contributed by atoms with Crippen LogP contribution in [-0.2, 0) is 42.6 Å². The summed E-state index contributed by atoms with van der Waals surface area (Å²) in [5.74, 6) is 0.188. The zero-order valence-corrected chi connectivity index (χ0v) is 38.3. The van der Waals surface area contributed by atoms with Gasteiger partial charge in [0.15, 0.2) is 5.78 Å². The van der Waals surface area contributed by atoms with E-state index in [-0.39, 0.29) is 37.8 Å². The van der Waals surface area contributed by atoms with E-state index in [2.05, 4.69) is 67.5 Å². The van der Waals surface area contributed by atoms with Crippen molar-refractivity contribution in [3.05, 3.63) is 171 Å². The summed E-state index contributed by atoms with van der Waals surface area (Å²) in [6, 6.07) is 40.2. The number of aromatic nitrogens is 1. The number of rotatable bonds is 20. The van der Waals surface area contributed by atoms with E-state index in [4.69, 9.17) is 18.9 Å². The van der Waals surface area contributed by atoms with E-state index in [1.807, 2.05) is 103 Å². The SMILES string of the molecule is CCC(CCOC(c1ccccc1)(c1ccc(OC)cc1)c1ccc(OC)cc1)C(=O)c1c(Br)c2ccc(C3=CN=CCC3)cc2n1Cc1ccc(COC(=O)CCC(=O)OC)cc1. The Bertz CT molecular complexity index is 2570.